The van der Waals surface area contributed by atoms with Gasteiger partial charge in [-0.1, -0.05) is 19.3 Å². The van der Waals surface area contributed by atoms with Gasteiger partial charge >= 0.3 is 6.03 Å². The Kier molecular flexibility index (Phi) is 7.43. The lowest BCUT2D eigenvalue weighted by Gasteiger charge is -2.35. The fourth-order valence-electron chi connectivity index (χ4n) is 6.13. The van der Waals surface area contributed by atoms with E-state index in [1.165, 1.54) is 0 Å². The van der Waals surface area contributed by atoms with Crippen LogP contribution in [0.4, 0.5) is 16.3 Å². The van der Waals surface area contributed by atoms with Crippen LogP contribution in [0.5, 0.6) is 0 Å². The number of fused-ring (bicyclic) bond motifs is 2. The number of hydrogen-bond acceptors (Lipinski definition) is 6. The molecule has 1 aromatic rings. The lowest BCUT2D eigenvalue weighted by Crippen LogP contribution is -2.54. The Morgan fingerprint density at radius 1 is 1.08 bits per heavy atom. The van der Waals surface area contributed by atoms with E-state index >= 15 is 0 Å². The van der Waals surface area contributed by atoms with Gasteiger partial charge in [-0.05, 0) is 44.4 Å². The molecular weight excluding hydrogens is 462 g/mol. The number of nitrogens with one attached hydrogen (secondary N) is 3. The van der Waals surface area contributed by atoms with Crippen LogP contribution in [-0.4, -0.2) is 73.3 Å². The normalized spacial score (nSPS) is 23.0. The molecular formula is C26H37N5O5. The van der Waals surface area contributed by atoms with Gasteiger partial charge < -0.3 is 30.3 Å². The van der Waals surface area contributed by atoms with E-state index in [-0.39, 0.29) is 29.8 Å². The molecule has 0 aromatic carbocycles. The summed E-state index contributed by atoms with van der Waals surface area (Å²) < 4.78 is 10.9. The van der Waals surface area contributed by atoms with Gasteiger partial charge in [0.15, 0.2) is 0 Å². The van der Waals surface area contributed by atoms with Crippen molar-refractivity contribution < 1.29 is 23.9 Å². The summed E-state index contributed by atoms with van der Waals surface area (Å²) in [4.78, 5) is 45.7. The maximum atomic E-state index is 13.5. The molecule has 3 N–H and O–H groups in total. The number of aromatic nitrogens is 1. The number of hydrogen-bond donors (Lipinski definition) is 3. The number of anilines is 2. The van der Waals surface area contributed by atoms with E-state index in [0.29, 0.717) is 50.8 Å². The van der Waals surface area contributed by atoms with Crippen molar-refractivity contribution in [2.45, 2.75) is 75.3 Å². The second kappa shape index (κ2) is 10.7. The minimum atomic E-state index is -0.647. The van der Waals surface area contributed by atoms with Crippen LogP contribution in [0.3, 0.4) is 0 Å². The van der Waals surface area contributed by atoms with Crippen LogP contribution in [0.25, 0.3) is 0 Å². The smallest absolute Gasteiger partial charge is 0.318 e. The van der Waals surface area contributed by atoms with Crippen molar-refractivity contribution in [2.24, 2.45) is 5.92 Å². The van der Waals surface area contributed by atoms with Crippen molar-refractivity contribution in [2.75, 3.05) is 44.1 Å². The van der Waals surface area contributed by atoms with E-state index < -0.39 is 11.5 Å². The zero-order valence-electron chi connectivity index (χ0n) is 21.0. The lowest BCUT2D eigenvalue weighted by molar-refractivity contribution is -0.124. The summed E-state index contributed by atoms with van der Waals surface area (Å²) in [5.74, 6) is 0.143. The summed E-state index contributed by atoms with van der Waals surface area (Å²) in [7, 11) is 1.79. The second-order valence-electron chi connectivity index (χ2n) is 10.5. The first-order valence-electron chi connectivity index (χ1n) is 13.3. The van der Waals surface area contributed by atoms with Crippen molar-refractivity contribution in [3.8, 4) is 0 Å². The van der Waals surface area contributed by atoms with E-state index in [1.54, 1.807) is 24.2 Å². The zero-order valence-corrected chi connectivity index (χ0v) is 21.0. The van der Waals surface area contributed by atoms with Gasteiger partial charge in [-0.2, -0.15) is 0 Å². The third-order valence-electron chi connectivity index (χ3n) is 8.44. The molecule has 1 aromatic heterocycles. The molecule has 3 fully saturated rings. The fourth-order valence-corrected chi connectivity index (χ4v) is 6.13. The molecule has 10 heteroatoms. The highest BCUT2D eigenvalue weighted by atomic mass is 16.5. The van der Waals surface area contributed by atoms with Crippen LogP contribution in [0.2, 0.25) is 0 Å². The Hall–Kier alpha value is -2.72. The Bertz CT molecular complexity index is 983. The first-order chi connectivity index (χ1) is 17.5. The third-order valence-corrected chi connectivity index (χ3v) is 8.44. The zero-order chi connectivity index (χ0) is 25.1. The number of carbonyl (C=O) groups excluding carboxylic acids is 3. The molecule has 1 saturated carbocycles. The highest BCUT2D eigenvalue weighted by Gasteiger charge is 2.48. The summed E-state index contributed by atoms with van der Waals surface area (Å²) in [5.41, 5.74) is 0.949. The van der Waals surface area contributed by atoms with Gasteiger partial charge in [0.25, 0.3) is 0 Å². The predicted octanol–water partition coefficient (Wildman–Crippen LogP) is 2.79. The molecule has 3 aliphatic heterocycles. The molecule has 5 rings (SSSR count). The van der Waals surface area contributed by atoms with Crippen molar-refractivity contribution in [3.05, 3.63) is 17.8 Å². The average Bonchev–Trinajstić information content (AvgIpc) is 3.17. The summed E-state index contributed by atoms with van der Waals surface area (Å²) in [6.45, 7) is 2.36. The molecule has 4 heterocycles. The number of nitrogens with zero attached hydrogens (tertiary/aromatic N) is 2. The molecule has 0 radical (unpaired) electrons. The van der Waals surface area contributed by atoms with Crippen LogP contribution in [0.15, 0.2) is 12.3 Å². The predicted molar refractivity (Wildman–Crippen MR) is 134 cm³/mol. The monoisotopic (exact) mass is 499 g/mol. The Labute approximate surface area is 211 Å². The molecule has 10 nitrogen and oxygen atoms in total. The van der Waals surface area contributed by atoms with Crippen LogP contribution in [0, 0.1) is 5.92 Å². The largest absolute Gasteiger partial charge is 0.381 e. The molecule has 4 amide bonds. The molecule has 196 valence electrons. The first kappa shape index (κ1) is 25.0. The highest BCUT2D eigenvalue weighted by molar-refractivity contribution is 6.07. The van der Waals surface area contributed by atoms with Gasteiger partial charge in [0.2, 0.25) is 11.8 Å². The number of amides is 4. The Balaban J connectivity index is 1.30. The number of pyridine rings is 1. The number of rotatable bonds is 5. The van der Waals surface area contributed by atoms with E-state index in [9.17, 15) is 14.4 Å². The molecule has 1 aliphatic carbocycles. The van der Waals surface area contributed by atoms with Crippen LogP contribution < -0.4 is 16.0 Å². The topological polar surface area (TPSA) is 122 Å². The molecule has 1 atom stereocenters. The van der Waals surface area contributed by atoms with Crippen molar-refractivity contribution >= 4 is 29.4 Å². The van der Waals surface area contributed by atoms with Gasteiger partial charge in [-0.3, -0.25) is 9.59 Å². The standard InChI is InChI=1S/C26H37N5O5/c1-31(18-7-11-35-12-8-18)25(34)30-22(17-5-3-2-4-6-17)23(32)29-21-15-20-19(16-27-21)26(24(33)28-20)9-13-36-14-10-26/h15-18,22H,2-14H2,1H3,(H,28,33)(H,30,34)(H,27,29,32)/t22-/m0/s1. The summed E-state index contributed by atoms with van der Waals surface area (Å²) in [5, 5.41) is 8.93. The SMILES string of the molecule is CN(C(=O)N[C@H](C(=O)Nc1cc2c(cn1)C1(CCOCC1)C(=O)N2)C1CCCCC1)C1CCOCC1. The average molecular weight is 500 g/mol. The Morgan fingerprint density at radius 3 is 2.50 bits per heavy atom. The fraction of sp³-hybridized carbons (Fsp3) is 0.692. The molecule has 4 aliphatic rings. The van der Waals surface area contributed by atoms with E-state index in [0.717, 1.165) is 50.5 Å². The maximum absolute atomic E-state index is 13.5. The molecule has 0 bridgehead atoms. The van der Waals surface area contributed by atoms with Gasteiger partial charge in [-0.25, -0.2) is 9.78 Å². The minimum Gasteiger partial charge on any atom is -0.381 e. The second-order valence-corrected chi connectivity index (χ2v) is 10.5. The number of urea groups is 1. The summed E-state index contributed by atoms with van der Waals surface area (Å²) in [6.07, 6.45) is 9.58. The van der Waals surface area contributed by atoms with Crippen LogP contribution >= 0.6 is 0 Å². The maximum Gasteiger partial charge on any atom is 0.318 e. The van der Waals surface area contributed by atoms with Crippen molar-refractivity contribution in [1.29, 1.82) is 0 Å². The van der Waals surface area contributed by atoms with Crippen LogP contribution in [0.1, 0.15) is 63.4 Å². The van der Waals surface area contributed by atoms with Crippen LogP contribution in [-0.2, 0) is 24.5 Å². The highest BCUT2D eigenvalue weighted by Crippen LogP contribution is 2.44. The first-order valence-corrected chi connectivity index (χ1v) is 13.3. The molecule has 1 spiro atoms. The lowest BCUT2D eigenvalue weighted by atomic mass is 9.76. The molecule has 36 heavy (non-hydrogen) atoms. The van der Waals surface area contributed by atoms with Gasteiger partial charge in [0.1, 0.15) is 11.9 Å². The summed E-state index contributed by atoms with van der Waals surface area (Å²) >= 11 is 0. The number of carbonyl (C=O) groups is 3. The Morgan fingerprint density at radius 2 is 1.78 bits per heavy atom. The van der Waals surface area contributed by atoms with Crippen molar-refractivity contribution in [1.82, 2.24) is 15.2 Å². The third kappa shape index (κ3) is 4.93. The van der Waals surface area contributed by atoms with E-state index in [1.807, 2.05) is 0 Å². The van der Waals surface area contributed by atoms with Gasteiger partial charge in [0.05, 0.1) is 11.1 Å². The van der Waals surface area contributed by atoms with E-state index in [2.05, 4.69) is 20.9 Å². The molecule has 0 unspecified atom stereocenters. The van der Waals surface area contributed by atoms with Gasteiger partial charge in [-0.15, -0.1) is 0 Å². The number of ether oxygens (including phenoxy) is 2. The van der Waals surface area contributed by atoms with Crippen molar-refractivity contribution in [3.63, 3.8) is 0 Å². The quantitative estimate of drug-likeness (QED) is 0.573. The summed E-state index contributed by atoms with van der Waals surface area (Å²) in [6, 6.07) is 0.951. The minimum absolute atomic E-state index is 0.0328. The molecule has 2 saturated heterocycles. The van der Waals surface area contributed by atoms with Gasteiger partial charge in [0, 0.05) is 57.3 Å². The van der Waals surface area contributed by atoms with E-state index in [4.69, 9.17) is 9.47 Å².